The lowest BCUT2D eigenvalue weighted by atomic mass is 9.95. The number of hydrogen-bond acceptors (Lipinski definition) is 2. The van der Waals surface area contributed by atoms with Gasteiger partial charge in [0.05, 0.1) is 0 Å². The van der Waals surface area contributed by atoms with Crippen LogP contribution < -0.4 is 5.32 Å². The number of likely N-dealkylation sites (tertiary alicyclic amines) is 1. The summed E-state index contributed by atoms with van der Waals surface area (Å²) < 4.78 is 13.3. The number of nitrogens with one attached hydrogen (secondary N) is 1. The predicted octanol–water partition coefficient (Wildman–Crippen LogP) is 3.60. The van der Waals surface area contributed by atoms with Crippen molar-refractivity contribution < 1.29 is 4.39 Å². The molecule has 1 aliphatic rings. The topological polar surface area (TPSA) is 15.3 Å². The number of halogens is 1. The summed E-state index contributed by atoms with van der Waals surface area (Å²) in [6.45, 7) is 9.05. The van der Waals surface area contributed by atoms with Crippen molar-refractivity contribution in [1.82, 2.24) is 10.2 Å². The van der Waals surface area contributed by atoms with Gasteiger partial charge < -0.3 is 10.2 Å². The number of hydrogen-bond donors (Lipinski definition) is 1. The molecule has 112 valence electrons. The molecule has 0 bridgehead atoms. The van der Waals surface area contributed by atoms with Crippen LogP contribution in [0.2, 0.25) is 0 Å². The summed E-state index contributed by atoms with van der Waals surface area (Å²) in [5, 5.41) is 3.63. The van der Waals surface area contributed by atoms with Crippen molar-refractivity contribution in [3.05, 3.63) is 35.6 Å². The maximum atomic E-state index is 13.3. The van der Waals surface area contributed by atoms with Crippen molar-refractivity contribution in [3.63, 3.8) is 0 Å². The van der Waals surface area contributed by atoms with E-state index in [0.29, 0.717) is 0 Å². The third-order valence-electron chi connectivity index (χ3n) is 4.47. The summed E-state index contributed by atoms with van der Waals surface area (Å²) in [5.41, 5.74) is 1.07. The van der Waals surface area contributed by atoms with Gasteiger partial charge in [0.1, 0.15) is 5.82 Å². The molecule has 1 saturated heterocycles. The minimum Gasteiger partial charge on any atom is -0.310 e. The molecular weight excluding hydrogens is 251 g/mol. The molecule has 0 aromatic heterocycles. The van der Waals surface area contributed by atoms with E-state index in [4.69, 9.17) is 0 Å². The second-order valence-corrected chi connectivity index (χ2v) is 5.80. The Morgan fingerprint density at radius 2 is 2.05 bits per heavy atom. The van der Waals surface area contributed by atoms with Gasteiger partial charge in [0.15, 0.2) is 0 Å². The molecule has 0 radical (unpaired) electrons. The van der Waals surface area contributed by atoms with Crippen LogP contribution in [0.25, 0.3) is 0 Å². The molecule has 0 aliphatic carbocycles. The Morgan fingerprint density at radius 3 is 2.65 bits per heavy atom. The zero-order chi connectivity index (χ0) is 14.4. The number of nitrogens with zero attached hydrogens (tertiary/aromatic N) is 1. The molecule has 0 spiro atoms. The first kappa shape index (κ1) is 15.5. The van der Waals surface area contributed by atoms with E-state index in [0.717, 1.165) is 24.4 Å². The van der Waals surface area contributed by atoms with E-state index < -0.39 is 0 Å². The van der Waals surface area contributed by atoms with Crippen molar-refractivity contribution in [3.8, 4) is 0 Å². The van der Waals surface area contributed by atoms with Crippen molar-refractivity contribution in [2.45, 2.75) is 39.2 Å². The monoisotopic (exact) mass is 278 g/mol. The van der Waals surface area contributed by atoms with E-state index in [1.807, 2.05) is 6.07 Å². The van der Waals surface area contributed by atoms with E-state index in [9.17, 15) is 4.39 Å². The second-order valence-electron chi connectivity index (χ2n) is 5.80. The first-order chi connectivity index (χ1) is 9.72. The van der Waals surface area contributed by atoms with E-state index in [1.54, 1.807) is 12.1 Å². The molecule has 2 nitrogen and oxygen atoms in total. The predicted molar refractivity (Wildman–Crippen MR) is 82.3 cm³/mol. The molecule has 1 aromatic rings. The Labute approximate surface area is 122 Å². The quantitative estimate of drug-likeness (QED) is 0.855. The summed E-state index contributed by atoms with van der Waals surface area (Å²) in [7, 11) is 0. The summed E-state index contributed by atoms with van der Waals surface area (Å²) >= 11 is 0. The molecule has 1 aromatic carbocycles. The van der Waals surface area contributed by atoms with Crippen molar-refractivity contribution in [2.24, 2.45) is 5.92 Å². The van der Waals surface area contributed by atoms with Crippen LogP contribution in [0, 0.1) is 11.7 Å². The lowest BCUT2D eigenvalue weighted by molar-refractivity contribution is 0.187. The van der Waals surface area contributed by atoms with Crippen LogP contribution in [-0.2, 0) is 0 Å². The molecule has 1 heterocycles. The van der Waals surface area contributed by atoms with Crippen LogP contribution in [0.4, 0.5) is 4.39 Å². The van der Waals surface area contributed by atoms with E-state index in [-0.39, 0.29) is 11.9 Å². The summed E-state index contributed by atoms with van der Waals surface area (Å²) in [6.07, 6.45) is 3.55. The molecule has 1 unspecified atom stereocenters. The van der Waals surface area contributed by atoms with Crippen LogP contribution in [0.15, 0.2) is 24.3 Å². The van der Waals surface area contributed by atoms with Crippen LogP contribution in [-0.4, -0.2) is 31.1 Å². The van der Waals surface area contributed by atoms with Gasteiger partial charge in [-0.25, -0.2) is 4.39 Å². The van der Waals surface area contributed by atoms with Crippen LogP contribution in [0.3, 0.4) is 0 Å². The van der Waals surface area contributed by atoms with Gasteiger partial charge in [-0.05, 0) is 69.1 Å². The minimum atomic E-state index is -0.140. The van der Waals surface area contributed by atoms with Gasteiger partial charge in [0.25, 0.3) is 0 Å². The summed E-state index contributed by atoms with van der Waals surface area (Å²) in [6, 6.07) is 7.26. The van der Waals surface area contributed by atoms with Gasteiger partial charge in [-0.2, -0.15) is 0 Å². The summed E-state index contributed by atoms with van der Waals surface area (Å²) in [5.74, 6) is 0.624. The highest BCUT2D eigenvalue weighted by atomic mass is 19.1. The molecule has 1 fully saturated rings. The normalized spacial score (nSPS) is 19.1. The Bertz CT molecular complexity index is 400. The average Bonchev–Trinajstić information content (AvgIpc) is 2.48. The van der Waals surface area contributed by atoms with Crippen molar-refractivity contribution in [1.29, 1.82) is 0 Å². The Kier molecular flexibility index (Phi) is 5.99. The molecular formula is C17H27FN2. The molecule has 1 atom stereocenters. The lowest BCUT2D eigenvalue weighted by Gasteiger charge is -2.32. The second kappa shape index (κ2) is 7.75. The fraction of sp³-hybridized carbons (Fsp3) is 0.647. The Hall–Kier alpha value is -0.930. The molecule has 0 amide bonds. The van der Waals surface area contributed by atoms with Crippen LogP contribution in [0.5, 0.6) is 0 Å². The number of piperidine rings is 1. The van der Waals surface area contributed by atoms with Crippen LogP contribution >= 0.6 is 0 Å². The maximum Gasteiger partial charge on any atom is 0.123 e. The third-order valence-corrected chi connectivity index (χ3v) is 4.47. The molecule has 1 aliphatic heterocycles. The van der Waals surface area contributed by atoms with Crippen molar-refractivity contribution >= 4 is 0 Å². The van der Waals surface area contributed by atoms with E-state index in [1.165, 1.54) is 38.5 Å². The lowest BCUT2D eigenvalue weighted by Crippen LogP contribution is -2.37. The standard InChI is InChI=1S/C17H27FN2/c1-3-17(15-6-5-7-16(18)12-15)19-13-14-8-10-20(4-2)11-9-14/h5-7,12,14,17,19H,3-4,8-11,13H2,1-2H3. The SMILES string of the molecule is CCC(NCC1CCN(CC)CC1)c1cccc(F)c1. The Balaban J connectivity index is 1.82. The zero-order valence-corrected chi connectivity index (χ0v) is 12.7. The fourth-order valence-corrected chi connectivity index (χ4v) is 3.04. The highest BCUT2D eigenvalue weighted by Gasteiger charge is 2.19. The highest BCUT2D eigenvalue weighted by Crippen LogP contribution is 2.20. The molecule has 20 heavy (non-hydrogen) atoms. The molecule has 0 saturated carbocycles. The average molecular weight is 278 g/mol. The molecule has 1 N–H and O–H groups in total. The third kappa shape index (κ3) is 4.29. The smallest absolute Gasteiger partial charge is 0.123 e. The fourth-order valence-electron chi connectivity index (χ4n) is 3.04. The highest BCUT2D eigenvalue weighted by molar-refractivity contribution is 5.20. The van der Waals surface area contributed by atoms with Gasteiger partial charge in [0.2, 0.25) is 0 Å². The van der Waals surface area contributed by atoms with Crippen molar-refractivity contribution in [2.75, 3.05) is 26.2 Å². The largest absolute Gasteiger partial charge is 0.310 e. The minimum absolute atomic E-state index is 0.140. The zero-order valence-electron chi connectivity index (χ0n) is 12.7. The van der Waals surface area contributed by atoms with Gasteiger partial charge in [-0.15, -0.1) is 0 Å². The summed E-state index contributed by atoms with van der Waals surface area (Å²) in [4.78, 5) is 2.51. The van der Waals surface area contributed by atoms with Gasteiger partial charge in [0, 0.05) is 6.04 Å². The first-order valence-corrected chi connectivity index (χ1v) is 7.94. The van der Waals surface area contributed by atoms with Crippen LogP contribution in [0.1, 0.15) is 44.7 Å². The Morgan fingerprint density at radius 1 is 1.30 bits per heavy atom. The molecule has 2 rings (SSSR count). The van der Waals surface area contributed by atoms with E-state index >= 15 is 0 Å². The van der Waals surface area contributed by atoms with E-state index in [2.05, 4.69) is 24.1 Å². The van der Waals surface area contributed by atoms with Gasteiger partial charge >= 0.3 is 0 Å². The van der Waals surface area contributed by atoms with Gasteiger partial charge in [-0.1, -0.05) is 26.0 Å². The maximum absolute atomic E-state index is 13.3. The molecule has 3 heteroatoms. The first-order valence-electron chi connectivity index (χ1n) is 7.94. The van der Waals surface area contributed by atoms with Gasteiger partial charge in [-0.3, -0.25) is 0 Å². The number of benzene rings is 1. The number of rotatable bonds is 6.